The molecule has 3 N–H and O–H groups in total. The van der Waals surface area contributed by atoms with Crippen molar-refractivity contribution in [1.29, 1.82) is 0 Å². The number of nitrogens with one attached hydrogen (secondary N) is 1. The summed E-state index contributed by atoms with van der Waals surface area (Å²) in [6, 6.07) is 11.1. The van der Waals surface area contributed by atoms with Gasteiger partial charge in [0.25, 0.3) is 0 Å². The fraction of sp³-hybridized carbons (Fsp3) is 0.0714. The lowest BCUT2D eigenvalue weighted by molar-refractivity contribution is -0.115. The molecule has 0 aliphatic rings. The Morgan fingerprint density at radius 2 is 2.05 bits per heavy atom. The molecule has 0 aromatic heterocycles. The van der Waals surface area contributed by atoms with Crippen molar-refractivity contribution >= 4 is 28.9 Å². The third kappa shape index (κ3) is 3.69. The number of nitrogens with two attached hydrogens (primary N) is 1. The molecule has 0 saturated carbocycles. The second-order valence-corrected chi connectivity index (χ2v) is 4.51. The minimum absolute atomic E-state index is 0.0262. The molecule has 0 unspecified atom stereocenters. The summed E-state index contributed by atoms with van der Waals surface area (Å²) in [5.74, 6) is -0.733. The molecule has 0 spiro atoms. The Kier molecular flexibility index (Phi) is 4.02. The molecule has 98 valence electrons. The highest BCUT2D eigenvalue weighted by molar-refractivity contribution is 6.31. The molecule has 0 aliphatic heterocycles. The van der Waals surface area contributed by atoms with Crippen molar-refractivity contribution < 1.29 is 9.18 Å². The van der Waals surface area contributed by atoms with E-state index in [2.05, 4.69) is 5.32 Å². The van der Waals surface area contributed by atoms with Crippen molar-refractivity contribution in [3.05, 3.63) is 58.9 Å². The zero-order chi connectivity index (χ0) is 13.8. The average Bonchev–Trinajstić information content (AvgIpc) is 2.34. The van der Waals surface area contributed by atoms with E-state index >= 15 is 0 Å². The van der Waals surface area contributed by atoms with Crippen LogP contribution in [0.1, 0.15) is 5.56 Å². The van der Waals surface area contributed by atoms with E-state index < -0.39 is 5.82 Å². The van der Waals surface area contributed by atoms with Gasteiger partial charge in [-0.3, -0.25) is 4.79 Å². The number of halogens is 2. The van der Waals surface area contributed by atoms with Gasteiger partial charge in [0, 0.05) is 11.4 Å². The molecule has 2 rings (SSSR count). The van der Waals surface area contributed by atoms with Crippen molar-refractivity contribution in [3.8, 4) is 0 Å². The zero-order valence-corrected chi connectivity index (χ0v) is 10.7. The fourth-order valence-corrected chi connectivity index (χ4v) is 1.85. The van der Waals surface area contributed by atoms with E-state index in [1.807, 2.05) is 6.07 Å². The van der Waals surface area contributed by atoms with Gasteiger partial charge in [-0.2, -0.15) is 0 Å². The first-order valence-corrected chi connectivity index (χ1v) is 6.02. The van der Waals surface area contributed by atoms with E-state index in [0.717, 1.165) is 5.56 Å². The van der Waals surface area contributed by atoms with Crippen LogP contribution in [-0.2, 0) is 11.2 Å². The molecule has 1 amide bonds. The first-order chi connectivity index (χ1) is 9.04. The Bertz CT molecular complexity index is 616. The van der Waals surface area contributed by atoms with Gasteiger partial charge >= 0.3 is 0 Å². The van der Waals surface area contributed by atoms with E-state index in [9.17, 15) is 9.18 Å². The highest BCUT2D eigenvalue weighted by Gasteiger charge is 2.06. The molecule has 0 fully saturated rings. The highest BCUT2D eigenvalue weighted by atomic mass is 35.5. The van der Waals surface area contributed by atoms with Gasteiger partial charge in [0.1, 0.15) is 5.82 Å². The molecule has 3 nitrogen and oxygen atoms in total. The van der Waals surface area contributed by atoms with Gasteiger partial charge < -0.3 is 11.1 Å². The predicted molar refractivity (Wildman–Crippen MR) is 74.6 cm³/mol. The van der Waals surface area contributed by atoms with Crippen LogP contribution >= 0.6 is 11.6 Å². The molecule has 0 heterocycles. The van der Waals surface area contributed by atoms with Crippen molar-refractivity contribution in [2.45, 2.75) is 6.42 Å². The number of carbonyl (C=O) groups is 1. The number of hydrogen-bond donors (Lipinski definition) is 2. The summed E-state index contributed by atoms with van der Waals surface area (Å²) in [4.78, 5) is 11.8. The molecular formula is C14H12ClFN2O. The molecule has 0 atom stereocenters. The highest BCUT2D eigenvalue weighted by Crippen LogP contribution is 2.19. The lowest BCUT2D eigenvalue weighted by Gasteiger charge is -2.06. The molecule has 2 aromatic carbocycles. The van der Waals surface area contributed by atoms with E-state index in [-0.39, 0.29) is 17.4 Å². The molecule has 0 aliphatic carbocycles. The quantitative estimate of drug-likeness (QED) is 0.847. The van der Waals surface area contributed by atoms with E-state index in [1.165, 1.54) is 18.2 Å². The number of rotatable bonds is 3. The number of amides is 1. The third-order valence-electron chi connectivity index (χ3n) is 2.52. The smallest absolute Gasteiger partial charge is 0.228 e. The predicted octanol–water partition coefficient (Wildman–Crippen LogP) is 3.24. The largest absolute Gasteiger partial charge is 0.399 e. The van der Waals surface area contributed by atoms with Crippen LogP contribution in [-0.4, -0.2) is 5.91 Å². The first kappa shape index (κ1) is 13.4. The lowest BCUT2D eigenvalue weighted by atomic mass is 10.1. The van der Waals surface area contributed by atoms with Crippen LogP contribution in [0.4, 0.5) is 15.8 Å². The van der Waals surface area contributed by atoms with Crippen molar-refractivity contribution in [2.24, 2.45) is 0 Å². The lowest BCUT2D eigenvalue weighted by Crippen LogP contribution is -2.14. The van der Waals surface area contributed by atoms with E-state index in [4.69, 9.17) is 17.3 Å². The standard InChI is InChI=1S/C14H12ClFN2O/c15-12-8-11(4-5-13(12)16)18-14(19)7-9-2-1-3-10(17)6-9/h1-6,8H,7,17H2,(H,18,19). The van der Waals surface area contributed by atoms with Crippen molar-refractivity contribution in [3.63, 3.8) is 0 Å². The summed E-state index contributed by atoms with van der Waals surface area (Å²) in [6.07, 6.45) is 0.194. The zero-order valence-electron chi connectivity index (χ0n) is 9.99. The van der Waals surface area contributed by atoms with Crippen LogP contribution in [0.15, 0.2) is 42.5 Å². The molecular weight excluding hydrogens is 267 g/mol. The Morgan fingerprint density at radius 1 is 1.26 bits per heavy atom. The molecule has 2 aromatic rings. The van der Waals surface area contributed by atoms with Crippen LogP contribution in [0, 0.1) is 5.82 Å². The summed E-state index contributed by atoms with van der Waals surface area (Å²) in [7, 11) is 0. The van der Waals surface area contributed by atoms with Crippen LogP contribution in [0.3, 0.4) is 0 Å². The Balaban J connectivity index is 2.03. The van der Waals surface area contributed by atoms with Crippen molar-refractivity contribution in [1.82, 2.24) is 0 Å². The summed E-state index contributed by atoms with van der Waals surface area (Å²) in [5, 5.41) is 2.62. The normalized spacial score (nSPS) is 10.2. The monoisotopic (exact) mass is 278 g/mol. The SMILES string of the molecule is Nc1cccc(CC(=O)Nc2ccc(F)c(Cl)c2)c1. The Labute approximate surface area is 115 Å². The minimum atomic E-state index is -0.518. The minimum Gasteiger partial charge on any atom is -0.399 e. The van der Waals surface area contributed by atoms with Gasteiger partial charge in [0.2, 0.25) is 5.91 Å². The van der Waals surface area contributed by atoms with Crippen LogP contribution < -0.4 is 11.1 Å². The number of carbonyl (C=O) groups excluding carboxylic acids is 1. The summed E-state index contributed by atoms with van der Waals surface area (Å²) in [6.45, 7) is 0. The Morgan fingerprint density at radius 3 is 2.74 bits per heavy atom. The summed E-state index contributed by atoms with van der Waals surface area (Å²) in [5.41, 5.74) is 7.51. The Hall–Kier alpha value is -2.07. The number of benzene rings is 2. The van der Waals surface area contributed by atoms with Gasteiger partial charge in [-0.1, -0.05) is 23.7 Å². The average molecular weight is 279 g/mol. The maximum atomic E-state index is 13.0. The molecule has 0 radical (unpaired) electrons. The first-order valence-electron chi connectivity index (χ1n) is 5.64. The molecule has 0 saturated heterocycles. The maximum Gasteiger partial charge on any atom is 0.228 e. The van der Waals surface area contributed by atoms with E-state index in [1.54, 1.807) is 18.2 Å². The number of nitrogen functional groups attached to an aromatic ring is 1. The van der Waals surface area contributed by atoms with Crippen LogP contribution in [0.25, 0.3) is 0 Å². The van der Waals surface area contributed by atoms with Gasteiger partial charge in [-0.05, 0) is 35.9 Å². The second-order valence-electron chi connectivity index (χ2n) is 4.10. The summed E-state index contributed by atoms with van der Waals surface area (Å²) < 4.78 is 13.0. The molecule has 0 bridgehead atoms. The molecule has 19 heavy (non-hydrogen) atoms. The van der Waals surface area contributed by atoms with Crippen molar-refractivity contribution in [2.75, 3.05) is 11.1 Å². The topological polar surface area (TPSA) is 55.1 Å². The maximum absolute atomic E-state index is 13.0. The van der Waals surface area contributed by atoms with Gasteiger partial charge in [0.15, 0.2) is 0 Å². The van der Waals surface area contributed by atoms with Crippen LogP contribution in [0.2, 0.25) is 5.02 Å². The summed E-state index contributed by atoms with van der Waals surface area (Å²) >= 11 is 5.64. The number of hydrogen-bond acceptors (Lipinski definition) is 2. The van der Waals surface area contributed by atoms with Crippen LogP contribution in [0.5, 0.6) is 0 Å². The van der Waals surface area contributed by atoms with E-state index in [0.29, 0.717) is 11.4 Å². The van der Waals surface area contributed by atoms with Gasteiger partial charge in [-0.15, -0.1) is 0 Å². The fourth-order valence-electron chi connectivity index (χ4n) is 1.67. The molecule has 5 heteroatoms. The third-order valence-corrected chi connectivity index (χ3v) is 2.81. The van der Waals surface area contributed by atoms with Gasteiger partial charge in [0.05, 0.1) is 11.4 Å². The van der Waals surface area contributed by atoms with Gasteiger partial charge in [-0.25, -0.2) is 4.39 Å². The second kappa shape index (κ2) is 5.71. The number of anilines is 2.